The smallest absolute Gasteiger partial charge is 0.246 e. The van der Waals surface area contributed by atoms with Gasteiger partial charge in [-0.15, -0.1) is 0 Å². The van der Waals surface area contributed by atoms with Crippen molar-refractivity contribution in [3.8, 4) is 0 Å². The molecule has 1 aromatic rings. The van der Waals surface area contributed by atoms with Crippen LogP contribution in [0.4, 0.5) is 0 Å². The molecule has 0 bridgehead atoms. The number of hydrogen-bond acceptors (Lipinski definition) is 4. The molecule has 2 N–H and O–H groups in total. The summed E-state index contributed by atoms with van der Waals surface area (Å²) < 4.78 is 28.8. The Kier molecular flexibility index (Phi) is 4.82. The molecule has 0 aromatic carbocycles. The topological polar surface area (TPSA) is 81.2 Å². The lowest BCUT2D eigenvalue weighted by Gasteiger charge is -2.26. The molecule has 1 aromatic heterocycles. The fourth-order valence-electron chi connectivity index (χ4n) is 2.84. The zero-order valence-electron chi connectivity index (χ0n) is 12.2. The molecule has 6 nitrogen and oxygen atoms in total. The summed E-state index contributed by atoms with van der Waals surface area (Å²) in [4.78, 5) is 0.293. The molecule has 2 heterocycles. The first kappa shape index (κ1) is 15.5. The SMILES string of the molecule is CCC1CCC(C)N1S(=O)(=O)c1cnn(CCCN)c1. The van der Waals surface area contributed by atoms with Crippen molar-refractivity contribution in [3.05, 3.63) is 12.4 Å². The maximum atomic E-state index is 12.7. The zero-order chi connectivity index (χ0) is 14.8. The predicted molar refractivity (Wildman–Crippen MR) is 77.7 cm³/mol. The van der Waals surface area contributed by atoms with Crippen LogP contribution in [-0.4, -0.2) is 41.1 Å². The first-order chi connectivity index (χ1) is 9.50. The summed E-state index contributed by atoms with van der Waals surface area (Å²) in [5.41, 5.74) is 5.46. The zero-order valence-corrected chi connectivity index (χ0v) is 13.0. The molecule has 1 saturated heterocycles. The Balaban J connectivity index is 2.23. The van der Waals surface area contributed by atoms with Gasteiger partial charge in [0.2, 0.25) is 10.0 Å². The average Bonchev–Trinajstić information content (AvgIpc) is 3.03. The highest BCUT2D eigenvalue weighted by molar-refractivity contribution is 7.89. The number of hydrogen-bond donors (Lipinski definition) is 1. The number of rotatable bonds is 6. The van der Waals surface area contributed by atoms with Crippen molar-refractivity contribution in [2.24, 2.45) is 5.73 Å². The van der Waals surface area contributed by atoms with Gasteiger partial charge in [0, 0.05) is 24.8 Å². The summed E-state index contributed by atoms with van der Waals surface area (Å²) in [5.74, 6) is 0. The van der Waals surface area contributed by atoms with E-state index in [-0.39, 0.29) is 12.1 Å². The highest BCUT2D eigenvalue weighted by Crippen LogP contribution is 2.32. The number of aryl methyl sites for hydroxylation is 1. The molecular weight excluding hydrogens is 276 g/mol. The standard InChI is InChI=1S/C13H24N4O2S/c1-3-12-6-5-11(2)17(12)20(18,19)13-9-15-16(10-13)8-4-7-14/h9-12H,3-8,14H2,1-2H3. The minimum absolute atomic E-state index is 0.0670. The molecule has 20 heavy (non-hydrogen) atoms. The van der Waals surface area contributed by atoms with Gasteiger partial charge in [-0.05, 0) is 39.2 Å². The fraction of sp³-hybridized carbons (Fsp3) is 0.769. The van der Waals surface area contributed by atoms with Crippen molar-refractivity contribution in [3.63, 3.8) is 0 Å². The van der Waals surface area contributed by atoms with E-state index < -0.39 is 10.0 Å². The van der Waals surface area contributed by atoms with Crippen molar-refractivity contribution in [2.45, 2.75) is 63.1 Å². The van der Waals surface area contributed by atoms with E-state index in [4.69, 9.17) is 5.73 Å². The van der Waals surface area contributed by atoms with Gasteiger partial charge in [0.25, 0.3) is 0 Å². The van der Waals surface area contributed by atoms with E-state index in [1.807, 2.05) is 13.8 Å². The molecule has 2 unspecified atom stereocenters. The van der Waals surface area contributed by atoms with Crippen LogP contribution < -0.4 is 5.73 Å². The van der Waals surface area contributed by atoms with Gasteiger partial charge in [-0.2, -0.15) is 9.40 Å². The largest absolute Gasteiger partial charge is 0.330 e. The fourth-order valence-corrected chi connectivity index (χ4v) is 4.75. The average molecular weight is 300 g/mol. The van der Waals surface area contributed by atoms with Crippen molar-refractivity contribution < 1.29 is 8.42 Å². The van der Waals surface area contributed by atoms with Crippen molar-refractivity contribution in [2.75, 3.05) is 6.54 Å². The maximum absolute atomic E-state index is 12.7. The molecule has 2 rings (SSSR count). The van der Waals surface area contributed by atoms with Gasteiger partial charge in [-0.3, -0.25) is 4.68 Å². The molecule has 7 heteroatoms. The Morgan fingerprint density at radius 2 is 2.20 bits per heavy atom. The normalized spacial score (nSPS) is 24.4. The Morgan fingerprint density at radius 3 is 2.85 bits per heavy atom. The van der Waals surface area contributed by atoms with Crippen molar-refractivity contribution >= 4 is 10.0 Å². The highest BCUT2D eigenvalue weighted by atomic mass is 32.2. The van der Waals surface area contributed by atoms with Crippen LogP contribution in [0.15, 0.2) is 17.3 Å². The molecule has 0 radical (unpaired) electrons. The highest BCUT2D eigenvalue weighted by Gasteiger charge is 2.39. The summed E-state index contributed by atoms with van der Waals surface area (Å²) in [6, 6.07) is 0.180. The monoisotopic (exact) mass is 300 g/mol. The maximum Gasteiger partial charge on any atom is 0.246 e. The number of nitrogens with zero attached hydrogens (tertiary/aromatic N) is 3. The van der Waals surface area contributed by atoms with E-state index in [1.54, 1.807) is 15.2 Å². The van der Waals surface area contributed by atoms with Gasteiger partial charge < -0.3 is 5.73 Å². The summed E-state index contributed by atoms with van der Waals surface area (Å²) in [6.45, 7) is 5.24. The van der Waals surface area contributed by atoms with Gasteiger partial charge in [0.15, 0.2) is 0 Å². The summed E-state index contributed by atoms with van der Waals surface area (Å²) in [7, 11) is -3.43. The molecule has 0 aliphatic carbocycles. The number of nitrogens with two attached hydrogens (primary N) is 1. The van der Waals surface area contributed by atoms with Crippen molar-refractivity contribution in [1.29, 1.82) is 0 Å². The Hall–Kier alpha value is -0.920. The first-order valence-electron chi connectivity index (χ1n) is 7.26. The Bertz CT molecular complexity index is 540. The molecule has 0 saturated carbocycles. The third kappa shape index (κ3) is 2.89. The van der Waals surface area contributed by atoms with Crippen LogP contribution in [0.2, 0.25) is 0 Å². The molecule has 114 valence electrons. The van der Waals surface area contributed by atoms with E-state index in [1.165, 1.54) is 6.20 Å². The summed E-state index contributed by atoms with van der Waals surface area (Å²) in [6.07, 6.45) is 6.58. The summed E-state index contributed by atoms with van der Waals surface area (Å²) in [5, 5.41) is 4.12. The quantitative estimate of drug-likeness (QED) is 0.855. The molecule has 2 atom stereocenters. The van der Waals surface area contributed by atoms with Crippen LogP contribution in [0.25, 0.3) is 0 Å². The molecule has 1 aliphatic heterocycles. The summed E-state index contributed by atoms with van der Waals surface area (Å²) >= 11 is 0. The molecular formula is C13H24N4O2S. The Labute approximate surface area is 121 Å². The lowest BCUT2D eigenvalue weighted by Crippen LogP contribution is -2.39. The van der Waals surface area contributed by atoms with Gasteiger partial charge in [0.1, 0.15) is 4.90 Å². The van der Waals surface area contributed by atoms with Crippen LogP contribution in [-0.2, 0) is 16.6 Å². The third-order valence-corrected chi connectivity index (χ3v) is 5.98. The number of sulfonamides is 1. The second-order valence-electron chi connectivity index (χ2n) is 5.40. The predicted octanol–water partition coefficient (Wildman–Crippen LogP) is 1.18. The van der Waals surface area contributed by atoms with Crippen LogP contribution in [0.3, 0.4) is 0 Å². The molecule has 0 amide bonds. The van der Waals surface area contributed by atoms with E-state index >= 15 is 0 Å². The van der Waals surface area contributed by atoms with E-state index in [2.05, 4.69) is 5.10 Å². The minimum atomic E-state index is -3.43. The van der Waals surface area contributed by atoms with Crippen LogP contribution in [0, 0.1) is 0 Å². The van der Waals surface area contributed by atoms with Gasteiger partial charge in [-0.1, -0.05) is 6.92 Å². The third-order valence-electron chi connectivity index (χ3n) is 3.96. The van der Waals surface area contributed by atoms with Gasteiger partial charge in [-0.25, -0.2) is 8.42 Å². The van der Waals surface area contributed by atoms with Crippen molar-refractivity contribution in [1.82, 2.24) is 14.1 Å². The van der Waals surface area contributed by atoms with Gasteiger partial charge in [0.05, 0.1) is 6.20 Å². The van der Waals surface area contributed by atoms with Crippen LogP contribution >= 0.6 is 0 Å². The minimum Gasteiger partial charge on any atom is -0.330 e. The first-order valence-corrected chi connectivity index (χ1v) is 8.70. The molecule has 0 spiro atoms. The Morgan fingerprint density at radius 1 is 1.45 bits per heavy atom. The lowest BCUT2D eigenvalue weighted by molar-refractivity contribution is 0.328. The van der Waals surface area contributed by atoms with Gasteiger partial charge >= 0.3 is 0 Å². The second kappa shape index (κ2) is 6.24. The molecule has 1 fully saturated rings. The second-order valence-corrected chi connectivity index (χ2v) is 7.25. The molecule has 1 aliphatic rings. The van der Waals surface area contributed by atoms with Crippen LogP contribution in [0.5, 0.6) is 0 Å². The van der Waals surface area contributed by atoms with E-state index in [9.17, 15) is 8.42 Å². The van der Waals surface area contributed by atoms with E-state index in [0.717, 1.165) is 25.7 Å². The lowest BCUT2D eigenvalue weighted by atomic mass is 10.2. The number of aromatic nitrogens is 2. The van der Waals surface area contributed by atoms with E-state index in [0.29, 0.717) is 18.0 Å². The van der Waals surface area contributed by atoms with Crippen LogP contribution in [0.1, 0.15) is 39.5 Å².